The van der Waals surface area contributed by atoms with Crippen LogP contribution in [0.5, 0.6) is 0 Å². The molecule has 1 aromatic carbocycles. The highest BCUT2D eigenvalue weighted by atomic mass is 16.5. The zero-order chi connectivity index (χ0) is 17.0. The van der Waals surface area contributed by atoms with Gasteiger partial charge in [-0.25, -0.2) is 0 Å². The Morgan fingerprint density at radius 1 is 1.21 bits per heavy atom. The van der Waals surface area contributed by atoms with E-state index < -0.39 is 5.41 Å². The minimum absolute atomic E-state index is 0.162. The van der Waals surface area contributed by atoms with Crippen LogP contribution < -0.4 is 0 Å². The van der Waals surface area contributed by atoms with Crippen LogP contribution in [0.4, 0.5) is 0 Å². The summed E-state index contributed by atoms with van der Waals surface area (Å²) < 4.78 is 5.42. The van der Waals surface area contributed by atoms with Crippen LogP contribution in [0.2, 0.25) is 0 Å². The van der Waals surface area contributed by atoms with Gasteiger partial charge in [0.2, 0.25) is 0 Å². The van der Waals surface area contributed by atoms with Gasteiger partial charge in [0.15, 0.2) is 0 Å². The molecule has 1 aromatic heterocycles. The van der Waals surface area contributed by atoms with E-state index in [0.29, 0.717) is 13.0 Å². The molecule has 0 spiro atoms. The Bertz CT molecular complexity index is 711. The Labute approximate surface area is 144 Å². The molecule has 0 fully saturated rings. The van der Waals surface area contributed by atoms with Crippen molar-refractivity contribution in [3.63, 3.8) is 0 Å². The maximum atomic E-state index is 12.8. The summed E-state index contributed by atoms with van der Waals surface area (Å²) in [7, 11) is 0. The van der Waals surface area contributed by atoms with Crippen LogP contribution in [-0.4, -0.2) is 17.6 Å². The number of hydrogen-bond donors (Lipinski definition) is 0. The van der Waals surface area contributed by atoms with Gasteiger partial charge in [-0.05, 0) is 74.3 Å². The number of carbonyl (C=O) groups is 1. The number of esters is 1. The van der Waals surface area contributed by atoms with E-state index in [4.69, 9.17) is 4.74 Å². The van der Waals surface area contributed by atoms with E-state index in [9.17, 15) is 4.79 Å². The summed E-state index contributed by atoms with van der Waals surface area (Å²) in [5.74, 6) is -0.162. The quantitative estimate of drug-likeness (QED) is 0.780. The molecule has 2 aromatic rings. The molecule has 0 bridgehead atoms. The number of carbonyl (C=O) groups excluding carboxylic acids is 1. The van der Waals surface area contributed by atoms with Crippen molar-refractivity contribution in [3.05, 3.63) is 65.0 Å². The van der Waals surface area contributed by atoms with E-state index in [1.54, 1.807) is 6.20 Å². The molecule has 0 saturated heterocycles. The van der Waals surface area contributed by atoms with E-state index in [0.717, 1.165) is 24.0 Å². The summed E-state index contributed by atoms with van der Waals surface area (Å²) in [5, 5.41) is 0. The fourth-order valence-corrected chi connectivity index (χ4v) is 3.57. The Balaban J connectivity index is 1.99. The molecule has 1 heterocycles. The lowest BCUT2D eigenvalue weighted by atomic mass is 9.75. The third-order valence-electron chi connectivity index (χ3n) is 4.99. The Kier molecular flexibility index (Phi) is 4.98. The Morgan fingerprint density at radius 2 is 2.00 bits per heavy atom. The lowest BCUT2D eigenvalue weighted by Gasteiger charge is -2.29. The summed E-state index contributed by atoms with van der Waals surface area (Å²) in [4.78, 5) is 17.0. The van der Waals surface area contributed by atoms with Crippen LogP contribution in [0.1, 0.15) is 48.9 Å². The standard InChI is InChI=1S/C21H25NO2/c1-3-24-20(23)21(2,14-16-7-6-12-22-15-16)19-11-10-17-8-4-5-9-18(17)13-19/h6-7,10-13,15H,3-5,8-9,14H2,1-2H3. The van der Waals surface area contributed by atoms with E-state index in [2.05, 4.69) is 23.2 Å². The first-order chi connectivity index (χ1) is 11.6. The van der Waals surface area contributed by atoms with Crippen molar-refractivity contribution in [2.24, 2.45) is 0 Å². The van der Waals surface area contributed by atoms with E-state index in [1.165, 1.54) is 24.0 Å². The SMILES string of the molecule is CCOC(=O)C(C)(Cc1cccnc1)c1ccc2c(c1)CCCC2. The first-order valence-electron chi connectivity index (χ1n) is 8.82. The second-order valence-electron chi connectivity index (χ2n) is 6.78. The van der Waals surface area contributed by atoms with Crippen LogP contribution >= 0.6 is 0 Å². The molecule has 1 aliphatic rings. The fraction of sp³-hybridized carbons (Fsp3) is 0.429. The molecule has 0 amide bonds. The molecule has 0 N–H and O–H groups in total. The van der Waals surface area contributed by atoms with Crippen molar-refractivity contribution in [2.45, 2.75) is 51.4 Å². The lowest BCUT2D eigenvalue weighted by molar-refractivity contribution is -0.149. The molecular formula is C21H25NO2. The van der Waals surface area contributed by atoms with Gasteiger partial charge in [-0.2, -0.15) is 0 Å². The molecule has 3 nitrogen and oxygen atoms in total. The Morgan fingerprint density at radius 3 is 2.71 bits per heavy atom. The summed E-state index contributed by atoms with van der Waals surface area (Å²) in [5.41, 5.74) is 4.22. The zero-order valence-corrected chi connectivity index (χ0v) is 14.5. The van der Waals surface area contributed by atoms with Gasteiger partial charge in [-0.1, -0.05) is 24.3 Å². The maximum Gasteiger partial charge on any atom is 0.316 e. The molecule has 1 atom stereocenters. The highest BCUT2D eigenvalue weighted by Crippen LogP contribution is 2.33. The Hall–Kier alpha value is -2.16. The van der Waals surface area contributed by atoms with Gasteiger partial charge in [0.25, 0.3) is 0 Å². The summed E-state index contributed by atoms with van der Waals surface area (Å²) >= 11 is 0. The first-order valence-corrected chi connectivity index (χ1v) is 8.82. The average molecular weight is 323 g/mol. The summed E-state index contributed by atoms with van der Waals surface area (Å²) in [6.45, 7) is 4.24. The van der Waals surface area contributed by atoms with Crippen LogP contribution in [0, 0.1) is 0 Å². The van der Waals surface area contributed by atoms with Gasteiger partial charge in [0.05, 0.1) is 12.0 Å². The van der Waals surface area contributed by atoms with Gasteiger partial charge in [0, 0.05) is 12.4 Å². The number of ether oxygens (including phenoxy) is 1. The molecule has 0 radical (unpaired) electrons. The molecular weight excluding hydrogens is 298 g/mol. The number of fused-ring (bicyclic) bond motifs is 1. The van der Waals surface area contributed by atoms with Crippen LogP contribution in [0.3, 0.4) is 0 Å². The van der Waals surface area contributed by atoms with Crippen molar-refractivity contribution in [1.29, 1.82) is 0 Å². The molecule has 3 heteroatoms. The third-order valence-corrected chi connectivity index (χ3v) is 4.99. The van der Waals surface area contributed by atoms with Crippen molar-refractivity contribution in [1.82, 2.24) is 4.98 Å². The lowest BCUT2D eigenvalue weighted by Crippen LogP contribution is -2.37. The zero-order valence-electron chi connectivity index (χ0n) is 14.5. The van der Waals surface area contributed by atoms with Gasteiger partial charge in [0.1, 0.15) is 0 Å². The fourth-order valence-electron chi connectivity index (χ4n) is 3.57. The minimum atomic E-state index is -0.689. The van der Waals surface area contributed by atoms with E-state index in [1.807, 2.05) is 32.2 Å². The molecule has 1 aliphatic carbocycles. The van der Waals surface area contributed by atoms with Crippen LogP contribution in [0.25, 0.3) is 0 Å². The predicted molar refractivity (Wildman–Crippen MR) is 95.0 cm³/mol. The van der Waals surface area contributed by atoms with Crippen molar-refractivity contribution < 1.29 is 9.53 Å². The molecule has 24 heavy (non-hydrogen) atoms. The largest absolute Gasteiger partial charge is 0.465 e. The van der Waals surface area contributed by atoms with Crippen LogP contribution in [-0.2, 0) is 34.2 Å². The molecule has 1 unspecified atom stereocenters. The number of aryl methyl sites for hydroxylation is 2. The number of pyridine rings is 1. The number of hydrogen-bond acceptors (Lipinski definition) is 3. The normalized spacial score (nSPS) is 16.1. The van der Waals surface area contributed by atoms with Gasteiger partial charge in [-0.15, -0.1) is 0 Å². The van der Waals surface area contributed by atoms with Crippen molar-refractivity contribution >= 4 is 5.97 Å². The van der Waals surface area contributed by atoms with Crippen LogP contribution in [0.15, 0.2) is 42.7 Å². The smallest absolute Gasteiger partial charge is 0.316 e. The van der Waals surface area contributed by atoms with Gasteiger partial charge >= 0.3 is 5.97 Å². The first kappa shape index (κ1) is 16.7. The van der Waals surface area contributed by atoms with Gasteiger partial charge in [-0.3, -0.25) is 9.78 Å². The summed E-state index contributed by atoms with van der Waals surface area (Å²) in [6, 6.07) is 10.5. The predicted octanol–water partition coefficient (Wildman–Crippen LogP) is 4.02. The topological polar surface area (TPSA) is 39.2 Å². The molecule has 0 saturated carbocycles. The van der Waals surface area contributed by atoms with E-state index in [-0.39, 0.29) is 5.97 Å². The molecule has 126 valence electrons. The second-order valence-corrected chi connectivity index (χ2v) is 6.78. The average Bonchev–Trinajstić information content (AvgIpc) is 2.62. The number of nitrogens with zero attached hydrogens (tertiary/aromatic N) is 1. The minimum Gasteiger partial charge on any atom is -0.465 e. The van der Waals surface area contributed by atoms with Crippen molar-refractivity contribution in [2.75, 3.05) is 6.61 Å². The van der Waals surface area contributed by atoms with Crippen molar-refractivity contribution in [3.8, 4) is 0 Å². The van der Waals surface area contributed by atoms with E-state index >= 15 is 0 Å². The molecule has 3 rings (SSSR count). The number of aromatic nitrogens is 1. The van der Waals surface area contributed by atoms with Gasteiger partial charge < -0.3 is 4.74 Å². The monoisotopic (exact) mass is 323 g/mol. The summed E-state index contributed by atoms with van der Waals surface area (Å²) in [6.07, 6.45) is 8.92. The second kappa shape index (κ2) is 7.16. The number of rotatable bonds is 5. The molecule has 0 aliphatic heterocycles. The third kappa shape index (κ3) is 3.35. The highest BCUT2D eigenvalue weighted by Gasteiger charge is 2.37. The number of benzene rings is 1. The highest BCUT2D eigenvalue weighted by molar-refractivity contribution is 5.83. The maximum absolute atomic E-state index is 12.8.